The molecule has 202 valence electrons. The van der Waals surface area contributed by atoms with Gasteiger partial charge in [0.15, 0.2) is 11.5 Å². The topological polar surface area (TPSA) is 105 Å². The highest BCUT2D eigenvalue weighted by Crippen LogP contribution is 2.35. The number of amides is 2. The minimum Gasteiger partial charge on any atom is -0.486 e. The fourth-order valence-electron chi connectivity index (χ4n) is 3.99. The van der Waals surface area contributed by atoms with E-state index in [1.54, 1.807) is 42.5 Å². The average molecular weight is 552 g/mol. The van der Waals surface area contributed by atoms with Crippen LogP contribution < -0.4 is 19.1 Å². The molecule has 0 saturated heterocycles. The van der Waals surface area contributed by atoms with Crippen molar-refractivity contribution in [2.45, 2.75) is 52.7 Å². The van der Waals surface area contributed by atoms with E-state index in [4.69, 9.17) is 21.1 Å². The number of nitrogens with zero attached hydrogens (tertiary/aromatic N) is 2. The van der Waals surface area contributed by atoms with E-state index in [9.17, 15) is 18.0 Å². The molecule has 1 heterocycles. The van der Waals surface area contributed by atoms with Crippen molar-refractivity contribution in [3.63, 3.8) is 0 Å². The van der Waals surface area contributed by atoms with Gasteiger partial charge < -0.3 is 19.7 Å². The summed E-state index contributed by atoms with van der Waals surface area (Å²) >= 11 is 6.02. The molecule has 37 heavy (non-hydrogen) atoms. The zero-order valence-electron chi connectivity index (χ0n) is 21.6. The minimum atomic E-state index is -3.85. The van der Waals surface area contributed by atoms with Gasteiger partial charge in [-0.1, -0.05) is 30.7 Å². The quantitative estimate of drug-likeness (QED) is 0.457. The summed E-state index contributed by atoms with van der Waals surface area (Å²) in [5.41, 5.74) is 1.04. The summed E-state index contributed by atoms with van der Waals surface area (Å²) in [5, 5.41) is 3.41. The summed E-state index contributed by atoms with van der Waals surface area (Å²) in [6.07, 6.45) is 0.350. The number of carbonyl (C=O) groups is 2. The van der Waals surface area contributed by atoms with Gasteiger partial charge in [0, 0.05) is 23.7 Å². The molecule has 0 fully saturated rings. The smallest absolute Gasteiger partial charge is 0.244 e. The van der Waals surface area contributed by atoms with Crippen LogP contribution in [0.5, 0.6) is 11.5 Å². The Hall–Kier alpha value is -2.98. The van der Waals surface area contributed by atoms with Crippen LogP contribution in [0.4, 0.5) is 5.69 Å². The second-order valence-electron chi connectivity index (χ2n) is 8.97. The number of benzene rings is 2. The predicted molar refractivity (Wildman–Crippen MR) is 144 cm³/mol. The number of anilines is 1. The van der Waals surface area contributed by atoms with Crippen LogP contribution >= 0.6 is 11.6 Å². The first kappa shape index (κ1) is 28.6. The van der Waals surface area contributed by atoms with E-state index in [0.29, 0.717) is 36.2 Å². The van der Waals surface area contributed by atoms with Gasteiger partial charge in [-0.15, -0.1) is 0 Å². The monoisotopic (exact) mass is 551 g/mol. The highest BCUT2D eigenvalue weighted by atomic mass is 35.5. The molecule has 1 aliphatic heterocycles. The third-order valence-electron chi connectivity index (χ3n) is 5.88. The van der Waals surface area contributed by atoms with Crippen molar-refractivity contribution in [2.24, 2.45) is 0 Å². The van der Waals surface area contributed by atoms with E-state index >= 15 is 0 Å². The lowest BCUT2D eigenvalue weighted by Gasteiger charge is -2.33. The molecule has 0 aromatic heterocycles. The lowest BCUT2D eigenvalue weighted by molar-refractivity contribution is -0.140. The molecule has 1 N–H and O–H groups in total. The third-order valence-corrected chi connectivity index (χ3v) is 7.87. The SMILES string of the molecule is CC[C@@H](C(=O)NC(C)C)N(Cc1ccc(Cl)cc1)C(=O)CN(c1ccc2c(c1)OCCO2)S(=O)(=O)CC. The Balaban J connectivity index is 1.97. The highest BCUT2D eigenvalue weighted by Gasteiger charge is 2.33. The summed E-state index contributed by atoms with van der Waals surface area (Å²) in [4.78, 5) is 28.3. The van der Waals surface area contributed by atoms with Crippen molar-refractivity contribution in [1.29, 1.82) is 0 Å². The molecule has 0 saturated carbocycles. The molecule has 2 aromatic rings. The number of fused-ring (bicyclic) bond motifs is 1. The Bertz CT molecular complexity index is 1200. The molecule has 0 spiro atoms. The van der Waals surface area contributed by atoms with E-state index in [2.05, 4.69) is 5.32 Å². The van der Waals surface area contributed by atoms with E-state index in [0.717, 1.165) is 9.87 Å². The van der Waals surface area contributed by atoms with E-state index in [-0.39, 0.29) is 29.9 Å². The number of carbonyl (C=O) groups excluding carboxylic acids is 2. The molecule has 1 aliphatic rings. The average Bonchev–Trinajstić information content (AvgIpc) is 2.87. The van der Waals surface area contributed by atoms with Crippen LogP contribution in [0.2, 0.25) is 5.02 Å². The Kier molecular flexibility index (Phi) is 9.67. The second-order valence-corrected chi connectivity index (χ2v) is 11.6. The van der Waals surface area contributed by atoms with E-state index in [1.807, 2.05) is 20.8 Å². The van der Waals surface area contributed by atoms with Crippen molar-refractivity contribution < 1.29 is 27.5 Å². The van der Waals surface area contributed by atoms with Gasteiger partial charge in [-0.05, 0) is 57.0 Å². The first-order valence-electron chi connectivity index (χ1n) is 12.3. The van der Waals surface area contributed by atoms with Crippen LogP contribution in [-0.4, -0.2) is 62.7 Å². The van der Waals surface area contributed by atoms with Gasteiger partial charge in [-0.2, -0.15) is 0 Å². The van der Waals surface area contributed by atoms with Crippen molar-refractivity contribution in [3.8, 4) is 11.5 Å². The van der Waals surface area contributed by atoms with Gasteiger partial charge in [0.25, 0.3) is 0 Å². The summed E-state index contributed by atoms with van der Waals surface area (Å²) in [6.45, 7) is 7.39. The van der Waals surface area contributed by atoms with Crippen LogP contribution in [0.15, 0.2) is 42.5 Å². The van der Waals surface area contributed by atoms with E-state index in [1.165, 1.54) is 11.8 Å². The number of rotatable bonds is 11. The number of hydrogen-bond acceptors (Lipinski definition) is 6. The first-order chi connectivity index (χ1) is 17.6. The molecule has 0 bridgehead atoms. The van der Waals surface area contributed by atoms with Crippen LogP contribution in [0, 0.1) is 0 Å². The number of sulfonamides is 1. The van der Waals surface area contributed by atoms with Gasteiger partial charge in [-0.3, -0.25) is 13.9 Å². The molecule has 2 amide bonds. The molecule has 0 radical (unpaired) electrons. The van der Waals surface area contributed by atoms with Crippen molar-refractivity contribution in [2.75, 3.05) is 29.8 Å². The molecule has 11 heteroatoms. The molecule has 1 atom stereocenters. The maximum atomic E-state index is 13.8. The standard InChI is InChI=1S/C26H34ClN3O6S/c1-5-22(26(32)28-18(3)4)29(16-19-7-9-20(27)10-8-19)25(31)17-30(37(33,34)6-2)21-11-12-23-24(15-21)36-14-13-35-23/h7-12,15,18,22H,5-6,13-14,16-17H2,1-4H3,(H,28,32)/t22-/m0/s1. The van der Waals surface area contributed by atoms with Gasteiger partial charge in [0.05, 0.1) is 11.4 Å². The summed E-state index contributed by atoms with van der Waals surface area (Å²) < 4.78 is 38.5. The Morgan fingerprint density at radius 2 is 1.68 bits per heavy atom. The normalized spacial score (nSPS) is 13.7. The fraction of sp³-hybridized carbons (Fsp3) is 0.462. The first-order valence-corrected chi connectivity index (χ1v) is 14.3. The summed E-state index contributed by atoms with van der Waals surface area (Å²) in [5.74, 6) is -0.0994. The molecule has 0 unspecified atom stereocenters. The van der Waals surface area contributed by atoms with Gasteiger partial charge in [0.2, 0.25) is 21.8 Å². The maximum absolute atomic E-state index is 13.8. The lowest BCUT2D eigenvalue weighted by Crippen LogP contribution is -2.53. The van der Waals surface area contributed by atoms with Crippen LogP contribution in [0.25, 0.3) is 0 Å². The molecule has 2 aromatic carbocycles. The lowest BCUT2D eigenvalue weighted by atomic mass is 10.1. The molecular formula is C26H34ClN3O6S. The van der Waals surface area contributed by atoms with Crippen molar-refractivity contribution in [1.82, 2.24) is 10.2 Å². The minimum absolute atomic E-state index is 0.112. The summed E-state index contributed by atoms with van der Waals surface area (Å²) in [6, 6.07) is 10.8. The van der Waals surface area contributed by atoms with Crippen LogP contribution in [0.1, 0.15) is 39.7 Å². The summed E-state index contributed by atoms with van der Waals surface area (Å²) in [7, 11) is -3.85. The van der Waals surface area contributed by atoms with Crippen LogP contribution in [0.3, 0.4) is 0 Å². The van der Waals surface area contributed by atoms with Gasteiger partial charge in [-0.25, -0.2) is 8.42 Å². The van der Waals surface area contributed by atoms with Crippen molar-refractivity contribution >= 4 is 39.1 Å². The number of hydrogen-bond donors (Lipinski definition) is 1. The molecule has 3 rings (SSSR count). The molecule has 9 nitrogen and oxygen atoms in total. The maximum Gasteiger partial charge on any atom is 0.244 e. The molecule has 0 aliphatic carbocycles. The van der Waals surface area contributed by atoms with Crippen molar-refractivity contribution in [3.05, 3.63) is 53.1 Å². The Morgan fingerprint density at radius 1 is 1.03 bits per heavy atom. The van der Waals surface area contributed by atoms with Gasteiger partial charge >= 0.3 is 0 Å². The predicted octanol–water partition coefficient (Wildman–Crippen LogP) is 3.60. The highest BCUT2D eigenvalue weighted by molar-refractivity contribution is 7.92. The zero-order valence-corrected chi connectivity index (χ0v) is 23.1. The largest absolute Gasteiger partial charge is 0.486 e. The van der Waals surface area contributed by atoms with Gasteiger partial charge in [0.1, 0.15) is 25.8 Å². The van der Waals surface area contributed by atoms with E-state index < -0.39 is 28.5 Å². The number of ether oxygens (including phenoxy) is 2. The number of halogens is 1. The Morgan fingerprint density at radius 3 is 2.27 bits per heavy atom. The second kappa shape index (κ2) is 12.5. The third kappa shape index (κ3) is 7.29. The number of nitrogens with one attached hydrogen (secondary N) is 1. The zero-order chi connectivity index (χ0) is 27.2. The van der Waals surface area contributed by atoms with Crippen LogP contribution in [-0.2, 0) is 26.2 Å². The Labute approximate surface area is 223 Å². The molecular weight excluding hydrogens is 518 g/mol. The fourth-order valence-corrected chi connectivity index (χ4v) is 5.17.